The van der Waals surface area contributed by atoms with Crippen LogP contribution in [0.5, 0.6) is 0 Å². The summed E-state index contributed by atoms with van der Waals surface area (Å²) in [6, 6.07) is 0.121. The number of carbonyl (C=O) groups excluding carboxylic acids is 1. The number of nitrogens with one attached hydrogen (secondary N) is 1. The van der Waals surface area contributed by atoms with Crippen LogP contribution in [0.1, 0.15) is 33.1 Å². The summed E-state index contributed by atoms with van der Waals surface area (Å²) in [5.41, 5.74) is 0. The van der Waals surface area contributed by atoms with Gasteiger partial charge in [0.15, 0.2) is 0 Å². The summed E-state index contributed by atoms with van der Waals surface area (Å²) >= 11 is 0. The van der Waals surface area contributed by atoms with Crippen LogP contribution in [0, 0.1) is 5.92 Å². The Morgan fingerprint density at radius 1 is 1.32 bits per heavy atom. The van der Waals surface area contributed by atoms with E-state index in [0.29, 0.717) is 19.8 Å². The van der Waals surface area contributed by atoms with Crippen molar-refractivity contribution in [1.29, 1.82) is 0 Å². The van der Waals surface area contributed by atoms with Crippen molar-refractivity contribution in [3.8, 4) is 0 Å². The van der Waals surface area contributed by atoms with E-state index < -0.39 is 0 Å². The minimum absolute atomic E-state index is 0.0239. The van der Waals surface area contributed by atoms with Gasteiger partial charge in [-0.1, -0.05) is 20.3 Å². The maximum absolute atomic E-state index is 12.5. The normalized spacial score (nSPS) is 22.7. The smallest absolute Gasteiger partial charge is 0.229 e. The standard InChI is InChI=1S/C14H28N2O3/c1-3-5-7-16(8-9-17)14(18)12-10-19-11-13(12)15-6-4-2/h12-13,15,17H,3-11H2,1-2H3. The van der Waals surface area contributed by atoms with Gasteiger partial charge in [-0.3, -0.25) is 4.79 Å². The van der Waals surface area contributed by atoms with E-state index in [0.717, 1.165) is 32.4 Å². The van der Waals surface area contributed by atoms with Crippen LogP contribution in [0.2, 0.25) is 0 Å². The second kappa shape index (κ2) is 9.28. The van der Waals surface area contributed by atoms with E-state index in [1.807, 2.05) is 0 Å². The first kappa shape index (κ1) is 16.4. The number of hydrogen-bond donors (Lipinski definition) is 2. The summed E-state index contributed by atoms with van der Waals surface area (Å²) in [5.74, 6) is 0.0172. The van der Waals surface area contributed by atoms with Gasteiger partial charge in [-0.2, -0.15) is 0 Å². The molecule has 1 heterocycles. The van der Waals surface area contributed by atoms with Gasteiger partial charge in [0.25, 0.3) is 0 Å². The van der Waals surface area contributed by atoms with Gasteiger partial charge in [-0.05, 0) is 19.4 Å². The molecule has 0 bridgehead atoms. The van der Waals surface area contributed by atoms with Crippen molar-refractivity contribution in [1.82, 2.24) is 10.2 Å². The lowest BCUT2D eigenvalue weighted by atomic mass is 10.0. The molecule has 112 valence electrons. The first-order valence-electron chi connectivity index (χ1n) is 7.45. The molecular formula is C14H28N2O3. The fourth-order valence-electron chi connectivity index (χ4n) is 2.36. The Balaban J connectivity index is 2.55. The number of hydrogen-bond acceptors (Lipinski definition) is 4. The van der Waals surface area contributed by atoms with Crippen LogP contribution >= 0.6 is 0 Å². The third-order valence-electron chi connectivity index (χ3n) is 3.52. The topological polar surface area (TPSA) is 61.8 Å². The number of unbranched alkanes of at least 4 members (excludes halogenated alkanes) is 1. The Bertz CT molecular complexity index is 261. The summed E-state index contributed by atoms with van der Waals surface area (Å²) in [5, 5.41) is 12.5. The Hall–Kier alpha value is -0.650. The minimum atomic E-state index is -0.102. The molecule has 1 amide bonds. The molecular weight excluding hydrogens is 244 g/mol. The summed E-state index contributed by atoms with van der Waals surface area (Å²) in [6.45, 7) is 7.40. The van der Waals surface area contributed by atoms with E-state index in [1.54, 1.807) is 4.90 Å². The molecule has 1 fully saturated rings. The maximum atomic E-state index is 12.5. The molecule has 0 radical (unpaired) electrons. The number of amides is 1. The molecule has 5 heteroatoms. The number of aliphatic hydroxyl groups excluding tert-OH is 1. The maximum Gasteiger partial charge on any atom is 0.229 e. The fraction of sp³-hybridized carbons (Fsp3) is 0.929. The van der Waals surface area contributed by atoms with Crippen molar-refractivity contribution in [3.05, 3.63) is 0 Å². The highest BCUT2D eigenvalue weighted by Crippen LogP contribution is 2.17. The van der Waals surface area contributed by atoms with Gasteiger partial charge >= 0.3 is 0 Å². The second-order valence-electron chi connectivity index (χ2n) is 5.11. The number of rotatable bonds is 9. The summed E-state index contributed by atoms with van der Waals surface area (Å²) in [4.78, 5) is 14.3. The third kappa shape index (κ3) is 5.09. The Labute approximate surface area is 116 Å². The molecule has 1 aliphatic heterocycles. The molecule has 2 N–H and O–H groups in total. The van der Waals surface area contributed by atoms with E-state index in [2.05, 4.69) is 19.2 Å². The van der Waals surface area contributed by atoms with Gasteiger partial charge in [-0.15, -0.1) is 0 Å². The first-order valence-corrected chi connectivity index (χ1v) is 7.45. The first-order chi connectivity index (χ1) is 9.24. The molecule has 0 aromatic rings. The van der Waals surface area contributed by atoms with Crippen molar-refractivity contribution in [2.24, 2.45) is 5.92 Å². The molecule has 0 spiro atoms. The highest BCUT2D eigenvalue weighted by molar-refractivity contribution is 5.80. The van der Waals surface area contributed by atoms with Gasteiger partial charge in [0.05, 0.1) is 25.7 Å². The molecule has 1 aliphatic rings. The van der Waals surface area contributed by atoms with Crippen LogP contribution in [0.15, 0.2) is 0 Å². The molecule has 0 saturated carbocycles. The Morgan fingerprint density at radius 3 is 2.74 bits per heavy atom. The van der Waals surface area contributed by atoms with E-state index in [9.17, 15) is 4.79 Å². The zero-order valence-corrected chi connectivity index (χ0v) is 12.2. The summed E-state index contributed by atoms with van der Waals surface area (Å²) in [6.07, 6.45) is 3.08. The molecule has 1 saturated heterocycles. The molecule has 2 unspecified atom stereocenters. The number of ether oxygens (including phenoxy) is 1. The number of aliphatic hydroxyl groups is 1. The third-order valence-corrected chi connectivity index (χ3v) is 3.52. The molecule has 2 atom stereocenters. The van der Waals surface area contributed by atoms with Gasteiger partial charge < -0.3 is 20.1 Å². The second-order valence-corrected chi connectivity index (χ2v) is 5.11. The van der Waals surface area contributed by atoms with Gasteiger partial charge in [0.2, 0.25) is 5.91 Å². The Kier molecular flexibility index (Phi) is 8.02. The van der Waals surface area contributed by atoms with Crippen LogP contribution in [0.4, 0.5) is 0 Å². The van der Waals surface area contributed by atoms with E-state index in [1.165, 1.54) is 0 Å². The molecule has 0 aromatic heterocycles. The van der Waals surface area contributed by atoms with Gasteiger partial charge in [-0.25, -0.2) is 0 Å². The summed E-state index contributed by atoms with van der Waals surface area (Å²) < 4.78 is 5.45. The molecule has 0 aromatic carbocycles. The average Bonchev–Trinajstić information content (AvgIpc) is 2.88. The molecule has 1 rings (SSSR count). The van der Waals surface area contributed by atoms with Gasteiger partial charge in [0, 0.05) is 19.1 Å². The SMILES string of the molecule is CCCCN(CCO)C(=O)C1COCC1NCCC. The molecule has 19 heavy (non-hydrogen) atoms. The lowest BCUT2D eigenvalue weighted by Crippen LogP contribution is -2.47. The highest BCUT2D eigenvalue weighted by atomic mass is 16.5. The van der Waals surface area contributed by atoms with Gasteiger partial charge in [0.1, 0.15) is 0 Å². The number of carbonyl (C=O) groups is 1. The highest BCUT2D eigenvalue weighted by Gasteiger charge is 2.35. The number of nitrogens with zero attached hydrogens (tertiary/aromatic N) is 1. The quantitative estimate of drug-likeness (QED) is 0.646. The largest absolute Gasteiger partial charge is 0.395 e. The Morgan fingerprint density at radius 2 is 2.11 bits per heavy atom. The molecule has 5 nitrogen and oxygen atoms in total. The van der Waals surface area contributed by atoms with E-state index >= 15 is 0 Å². The van der Waals surface area contributed by atoms with Crippen molar-refractivity contribution < 1.29 is 14.6 Å². The predicted octanol–water partition coefficient (Wildman–Crippen LogP) is 0.622. The van der Waals surface area contributed by atoms with Crippen LogP contribution in [0.25, 0.3) is 0 Å². The van der Waals surface area contributed by atoms with E-state index in [4.69, 9.17) is 9.84 Å². The lowest BCUT2D eigenvalue weighted by Gasteiger charge is -2.27. The average molecular weight is 272 g/mol. The predicted molar refractivity (Wildman–Crippen MR) is 75.0 cm³/mol. The van der Waals surface area contributed by atoms with Crippen molar-refractivity contribution >= 4 is 5.91 Å². The van der Waals surface area contributed by atoms with E-state index in [-0.39, 0.29) is 24.5 Å². The zero-order valence-electron chi connectivity index (χ0n) is 12.2. The van der Waals surface area contributed by atoms with Crippen LogP contribution in [-0.2, 0) is 9.53 Å². The monoisotopic (exact) mass is 272 g/mol. The van der Waals surface area contributed by atoms with Crippen LogP contribution < -0.4 is 5.32 Å². The molecule has 0 aliphatic carbocycles. The minimum Gasteiger partial charge on any atom is -0.395 e. The van der Waals surface area contributed by atoms with Crippen LogP contribution in [0.3, 0.4) is 0 Å². The van der Waals surface area contributed by atoms with Crippen molar-refractivity contribution in [2.45, 2.75) is 39.2 Å². The summed E-state index contributed by atoms with van der Waals surface area (Å²) in [7, 11) is 0. The lowest BCUT2D eigenvalue weighted by molar-refractivity contribution is -0.136. The van der Waals surface area contributed by atoms with Crippen molar-refractivity contribution in [3.63, 3.8) is 0 Å². The zero-order chi connectivity index (χ0) is 14.1. The fourth-order valence-corrected chi connectivity index (χ4v) is 2.36. The van der Waals surface area contributed by atoms with Crippen LogP contribution in [-0.4, -0.2) is 61.4 Å². The van der Waals surface area contributed by atoms with Crippen molar-refractivity contribution in [2.75, 3.05) is 39.5 Å².